The number of nitrogens with one attached hydrogen (secondary N) is 2. The number of carbonyl (C=O) groups excluding carboxylic acids is 1. The van der Waals surface area contributed by atoms with Gasteiger partial charge in [-0.05, 0) is 42.7 Å². The van der Waals surface area contributed by atoms with Crippen molar-refractivity contribution in [3.05, 3.63) is 99.6 Å². The van der Waals surface area contributed by atoms with Crippen LogP contribution in [0.2, 0.25) is 0 Å². The lowest BCUT2D eigenvalue weighted by Crippen LogP contribution is -2.14. The van der Waals surface area contributed by atoms with Gasteiger partial charge in [-0.15, -0.1) is 21.5 Å². The van der Waals surface area contributed by atoms with Gasteiger partial charge in [0.25, 0.3) is 0 Å². The number of thiazole rings is 1. The molecule has 8 heteroatoms. The van der Waals surface area contributed by atoms with E-state index in [0.29, 0.717) is 23.4 Å². The Labute approximate surface area is 232 Å². The highest BCUT2D eigenvalue weighted by Gasteiger charge is 2.30. The van der Waals surface area contributed by atoms with Gasteiger partial charge in [-0.3, -0.25) is 4.79 Å². The molecule has 2 heterocycles. The minimum absolute atomic E-state index is 0.0634. The highest BCUT2D eigenvalue weighted by molar-refractivity contribution is 7.16. The fourth-order valence-corrected chi connectivity index (χ4v) is 7.23. The van der Waals surface area contributed by atoms with Crippen LogP contribution in [0.3, 0.4) is 0 Å². The quantitative estimate of drug-likeness (QED) is 0.219. The fraction of sp³-hybridized carbons (Fsp3) is 0.333. The highest BCUT2D eigenvalue weighted by Crippen LogP contribution is 2.45. The van der Waals surface area contributed by atoms with Crippen molar-refractivity contribution in [2.45, 2.75) is 63.7 Å². The molecule has 6 nitrogen and oxygen atoms in total. The average Bonchev–Trinajstić information content (AvgIpc) is 3.57. The summed E-state index contributed by atoms with van der Waals surface area (Å²) in [5.41, 5.74) is 4.36. The van der Waals surface area contributed by atoms with Gasteiger partial charge in [-0.2, -0.15) is 0 Å². The van der Waals surface area contributed by atoms with E-state index >= 15 is 0 Å². The number of amides is 1. The number of carbonyl (C=O) groups is 1. The molecule has 1 aliphatic rings. The molecule has 4 aromatic rings. The first-order chi connectivity index (χ1) is 18.6. The predicted octanol–water partition coefficient (Wildman–Crippen LogP) is 7.35. The van der Waals surface area contributed by atoms with Gasteiger partial charge in [-0.25, -0.2) is 4.98 Å². The van der Waals surface area contributed by atoms with Gasteiger partial charge in [0, 0.05) is 22.9 Å². The van der Waals surface area contributed by atoms with Crippen molar-refractivity contribution in [2.24, 2.45) is 0 Å². The van der Waals surface area contributed by atoms with E-state index in [0.717, 1.165) is 59.9 Å². The van der Waals surface area contributed by atoms with Crippen LogP contribution in [0.15, 0.2) is 72.9 Å². The van der Waals surface area contributed by atoms with Gasteiger partial charge in [0.1, 0.15) is 5.01 Å². The van der Waals surface area contributed by atoms with Crippen molar-refractivity contribution >= 4 is 38.8 Å². The first kappa shape index (κ1) is 26.3. The molecule has 0 spiro atoms. The first-order valence-corrected chi connectivity index (χ1v) is 14.9. The zero-order valence-electron chi connectivity index (χ0n) is 21.7. The van der Waals surface area contributed by atoms with E-state index in [4.69, 9.17) is 4.98 Å². The van der Waals surface area contributed by atoms with Crippen LogP contribution in [0.5, 0.6) is 0 Å². The maximum Gasteiger partial charge on any atom is 0.230 e. The molecule has 0 bridgehead atoms. The fourth-order valence-electron chi connectivity index (χ4n) is 5.07. The second-order valence-corrected chi connectivity index (χ2v) is 11.8. The second kappa shape index (κ2) is 12.5. The van der Waals surface area contributed by atoms with Crippen LogP contribution in [-0.4, -0.2) is 21.1 Å². The standard InChI is InChI=1S/C30H33N5OS2/c1-3-25-27(37-29(32-25)31-20(2)17-21-11-6-4-7-12-21)23-15-10-16-24(19-23)28-34-35-30(38-28)33-26(36)18-22-13-8-5-9-14-22/h4-9,11-14,23-24H,2-3,10,15-19H2,1H3,(H,31,32)(H,33,35,36)/t23-,24+/m1/s1. The summed E-state index contributed by atoms with van der Waals surface area (Å²) in [6.07, 6.45) is 6.47. The van der Waals surface area contributed by atoms with Crippen LogP contribution in [0.4, 0.5) is 10.3 Å². The molecule has 1 saturated carbocycles. The molecule has 5 rings (SSSR count). The summed E-state index contributed by atoms with van der Waals surface area (Å²) in [5.74, 6) is 0.744. The molecule has 2 N–H and O–H groups in total. The molecular formula is C30H33N5OS2. The molecule has 2 aromatic carbocycles. The highest BCUT2D eigenvalue weighted by atomic mass is 32.1. The van der Waals surface area contributed by atoms with Crippen molar-refractivity contribution in [3.8, 4) is 0 Å². The summed E-state index contributed by atoms with van der Waals surface area (Å²) in [6.45, 7) is 6.41. The van der Waals surface area contributed by atoms with E-state index < -0.39 is 0 Å². The van der Waals surface area contributed by atoms with Crippen molar-refractivity contribution < 1.29 is 4.79 Å². The number of allylic oxidation sites excluding steroid dienone is 1. The number of benzene rings is 2. The Morgan fingerprint density at radius 1 is 0.895 bits per heavy atom. The molecule has 0 unspecified atom stereocenters. The Hall–Kier alpha value is -3.36. The van der Waals surface area contributed by atoms with E-state index in [-0.39, 0.29) is 5.91 Å². The monoisotopic (exact) mass is 543 g/mol. The number of rotatable bonds is 10. The summed E-state index contributed by atoms with van der Waals surface area (Å²) in [5, 5.41) is 17.7. The zero-order chi connectivity index (χ0) is 26.3. The third-order valence-electron chi connectivity index (χ3n) is 6.90. The molecule has 1 aliphatic carbocycles. The Bertz CT molecular complexity index is 1370. The van der Waals surface area contributed by atoms with Gasteiger partial charge in [0.05, 0.1) is 12.1 Å². The van der Waals surface area contributed by atoms with E-state index in [1.54, 1.807) is 11.3 Å². The van der Waals surface area contributed by atoms with Crippen molar-refractivity contribution in [1.82, 2.24) is 15.2 Å². The Morgan fingerprint density at radius 3 is 2.29 bits per heavy atom. The number of anilines is 2. The van der Waals surface area contributed by atoms with Gasteiger partial charge in [0.2, 0.25) is 11.0 Å². The van der Waals surface area contributed by atoms with E-state index in [1.807, 2.05) is 36.4 Å². The summed E-state index contributed by atoms with van der Waals surface area (Å²) < 4.78 is 0. The summed E-state index contributed by atoms with van der Waals surface area (Å²) in [4.78, 5) is 18.8. The molecule has 0 radical (unpaired) electrons. The smallest absolute Gasteiger partial charge is 0.230 e. The minimum atomic E-state index is -0.0634. The van der Waals surface area contributed by atoms with Gasteiger partial charge in [0.15, 0.2) is 5.13 Å². The van der Waals surface area contributed by atoms with E-state index in [9.17, 15) is 4.79 Å². The number of nitrogens with zero attached hydrogens (tertiary/aromatic N) is 3. The maximum absolute atomic E-state index is 12.5. The minimum Gasteiger partial charge on any atom is -0.335 e. The zero-order valence-corrected chi connectivity index (χ0v) is 23.3. The van der Waals surface area contributed by atoms with Crippen LogP contribution >= 0.6 is 22.7 Å². The molecule has 1 amide bonds. The lowest BCUT2D eigenvalue weighted by molar-refractivity contribution is -0.115. The third-order valence-corrected chi connectivity index (χ3v) is 9.07. The summed E-state index contributed by atoms with van der Waals surface area (Å²) in [6, 6.07) is 20.1. The molecule has 2 atom stereocenters. The predicted molar refractivity (Wildman–Crippen MR) is 157 cm³/mol. The van der Waals surface area contributed by atoms with Gasteiger partial charge >= 0.3 is 0 Å². The van der Waals surface area contributed by atoms with Crippen LogP contribution < -0.4 is 10.6 Å². The summed E-state index contributed by atoms with van der Waals surface area (Å²) >= 11 is 3.28. The Balaban J connectivity index is 1.21. The summed E-state index contributed by atoms with van der Waals surface area (Å²) in [7, 11) is 0. The molecule has 2 aromatic heterocycles. The number of hydrogen-bond donors (Lipinski definition) is 2. The van der Waals surface area contributed by atoms with Crippen LogP contribution in [0, 0.1) is 0 Å². The first-order valence-electron chi connectivity index (χ1n) is 13.2. The van der Waals surface area contributed by atoms with Crippen LogP contribution in [0.25, 0.3) is 0 Å². The SMILES string of the molecule is C=C(Cc1ccccc1)Nc1nc(CC)c([C@@H]2CCC[C@H](c3nnc(NC(=O)Cc4ccccc4)s3)C2)s1. The number of aryl methyl sites for hydroxylation is 1. The average molecular weight is 544 g/mol. The number of hydrogen-bond acceptors (Lipinski definition) is 7. The van der Waals surface area contributed by atoms with Gasteiger partial charge in [-0.1, -0.05) is 91.9 Å². The largest absolute Gasteiger partial charge is 0.335 e. The maximum atomic E-state index is 12.5. The van der Waals surface area contributed by atoms with E-state index in [1.165, 1.54) is 27.5 Å². The molecular weight excluding hydrogens is 510 g/mol. The molecule has 38 heavy (non-hydrogen) atoms. The van der Waals surface area contributed by atoms with Gasteiger partial charge < -0.3 is 10.6 Å². The topological polar surface area (TPSA) is 79.8 Å². The second-order valence-electron chi connectivity index (χ2n) is 9.79. The lowest BCUT2D eigenvalue weighted by atomic mass is 9.80. The van der Waals surface area contributed by atoms with Crippen molar-refractivity contribution in [1.29, 1.82) is 0 Å². The van der Waals surface area contributed by atoms with Crippen LogP contribution in [0.1, 0.15) is 71.1 Å². The number of aromatic nitrogens is 3. The van der Waals surface area contributed by atoms with Crippen molar-refractivity contribution in [3.63, 3.8) is 0 Å². The Kier molecular flexibility index (Phi) is 8.61. The third kappa shape index (κ3) is 6.74. The lowest BCUT2D eigenvalue weighted by Gasteiger charge is -2.27. The normalized spacial score (nSPS) is 17.2. The Morgan fingerprint density at radius 2 is 1.58 bits per heavy atom. The molecule has 0 saturated heterocycles. The molecule has 196 valence electrons. The molecule has 0 aliphatic heterocycles. The van der Waals surface area contributed by atoms with Crippen molar-refractivity contribution in [2.75, 3.05) is 10.6 Å². The van der Waals surface area contributed by atoms with Crippen LogP contribution in [-0.2, 0) is 24.1 Å². The van der Waals surface area contributed by atoms with E-state index in [2.05, 4.69) is 58.6 Å². The molecule has 1 fully saturated rings.